The molecule has 0 aliphatic carbocycles. The van der Waals surface area contributed by atoms with Crippen LogP contribution in [0.25, 0.3) is 10.4 Å². The molecule has 0 aromatic carbocycles. The number of nitrogens with zero attached hydrogens (tertiary/aromatic N) is 6. The van der Waals surface area contributed by atoms with Gasteiger partial charge in [0.25, 0.3) is 0 Å². The van der Waals surface area contributed by atoms with Crippen molar-refractivity contribution in [2.45, 2.75) is 24.8 Å². The molecule has 21 heavy (non-hydrogen) atoms. The number of aliphatic hydroxyl groups excluding tert-OH is 1. The molecule has 0 amide bonds. The molecule has 112 valence electrons. The molecule has 1 aliphatic rings. The third kappa shape index (κ3) is 3.08. The average Bonchev–Trinajstić information content (AvgIpc) is 2.80. The van der Waals surface area contributed by atoms with E-state index in [0.29, 0.717) is 0 Å². The molecule has 2 heterocycles. The fraction of sp³-hybridized carbons (Fsp3) is 0.556. The number of nitrogens with two attached hydrogens (primary N) is 1. The smallest absolute Gasteiger partial charge is 0.353 e. The van der Waals surface area contributed by atoms with Gasteiger partial charge in [-0.05, 0) is 5.53 Å². The Morgan fingerprint density at radius 2 is 2.48 bits per heavy atom. The summed E-state index contributed by atoms with van der Waals surface area (Å²) in [7, 11) is 0. The van der Waals surface area contributed by atoms with Crippen LogP contribution in [-0.4, -0.2) is 45.0 Å². The molecule has 4 N–H and O–H groups in total. The summed E-state index contributed by atoms with van der Waals surface area (Å²) in [4.78, 5) is 20.2. The Morgan fingerprint density at radius 3 is 3.10 bits per heavy atom. The lowest BCUT2D eigenvalue weighted by molar-refractivity contribution is -0.383. The second-order valence-corrected chi connectivity index (χ2v) is 4.21. The van der Waals surface area contributed by atoms with E-state index in [9.17, 15) is 10.1 Å². The van der Waals surface area contributed by atoms with Gasteiger partial charge in [-0.3, -0.25) is 10.1 Å². The number of ether oxygens (including phenoxy) is 1. The van der Waals surface area contributed by atoms with Crippen LogP contribution in [0, 0.1) is 10.1 Å². The molecule has 0 bridgehead atoms. The quantitative estimate of drug-likeness (QED) is 0.225. The Bertz CT molecular complexity index is 589. The first kappa shape index (κ1) is 14.7. The van der Waals surface area contributed by atoms with Crippen LogP contribution in [0.3, 0.4) is 0 Å². The molecule has 1 aliphatic heterocycles. The Labute approximate surface area is 117 Å². The fourth-order valence-electron chi connectivity index (χ4n) is 2.00. The number of hydrogen-bond donors (Lipinski definition) is 3. The Kier molecular flexibility index (Phi) is 4.33. The van der Waals surface area contributed by atoms with Crippen LogP contribution in [-0.2, 0) is 4.74 Å². The van der Waals surface area contributed by atoms with E-state index in [1.807, 2.05) is 0 Å². The van der Waals surface area contributed by atoms with Crippen molar-refractivity contribution in [2.24, 2.45) is 5.11 Å². The maximum Gasteiger partial charge on any atom is 0.353 e. The van der Waals surface area contributed by atoms with Crippen LogP contribution in [0.5, 0.6) is 0 Å². The van der Waals surface area contributed by atoms with Crippen molar-refractivity contribution in [3.8, 4) is 0 Å². The number of hydrogen-bond acceptors (Lipinski definition) is 9. The van der Waals surface area contributed by atoms with E-state index in [2.05, 4.69) is 25.3 Å². The van der Waals surface area contributed by atoms with Crippen molar-refractivity contribution < 1.29 is 14.8 Å². The minimum Gasteiger partial charge on any atom is -0.394 e. The van der Waals surface area contributed by atoms with Crippen LogP contribution in [0.15, 0.2) is 11.4 Å². The molecular formula is C9H12N8O4. The third-order valence-electron chi connectivity index (χ3n) is 2.93. The first-order valence-electron chi connectivity index (χ1n) is 5.88. The number of rotatable bonds is 5. The highest BCUT2D eigenvalue weighted by Crippen LogP contribution is 2.30. The van der Waals surface area contributed by atoms with Gasteiger partial charge in [0.1, 0.15) is 12.6 Å². The predicted molar refractivity (Wildman–Crippen MR) is 70.0 cm³/mol. The zero-order chi connectivity index (χ0) is 15.4. The SMILES string of the molecule is [N-]=[N+]=N[C@@H]1C[C@H](Nc2ncnc(N)c2[N+](=O)[O-])O[C@@H]1CO. The van der Waals surface area contributed by atoms with Gasteiger partial charge in [-0.25, -0.2) is 9.97 Å². The largest absolute Gasteiger partial charge is 0.394 e. The topological polar surface area (TPSA) is 185 Å². The molecule has 3 atom stereocenters. The monoisotopic (exact) mass is 296 g/mol. The summed E-state index contributed by atoms with van der Waals surface area (Å²) in [5, 5.41) is 26.3. The van der Waals surface area contributed by atoms with Crippen molar-refractivity contribution in [3.05, 3.63) is 26.9 Å². The van der Waals surface area contributed by atoms with Crippen molar-refractivity contribution in [2.75, 3.05) is 17.7 Å². The van der Waals surface area contributed by atoms with E-state index < -0.39 is 29.0 Å². The van der Waals surface area contributed by atoms with Crippen LogP contribution >= 0.6 is 0 Å². The van der Waals surface area contributed by atoms with Gasteiger partial charge in [0, 0.05) is 11.3 Å². The lowest BCUT2D eigenvalue weighted by atomic mass is 10.1. The normalized spacial score (nSPS) is 24.3. The van der Waals surface area contributed by atoms with Gasteiger partial charge in [0.2, 0.25) is 11.6 Å². The van der Waals surface area contributed by atoms with E-state index in [-0.39, 0.29) is 24.7 Å². The van der Waals surface area contributed by atoms with Gasteiger partial charge in [-0.1, -0.05) is 5.11 Å². The molecule has 0 spiro atoms. The van der Waals surface area contributed by atoms with E-state index in [1.165, 1.54) is 0 Å². The average molecular weight is 296 g/mol. The lowest BCUT2D eigenvalue weighted by Gasteiger charge is -2.14. The molecule has 1 aromatic heterocycles. The molecule has 1 aromatic rings. The highest BCUT2D eigenvalue weighted by Gasteiger charge is 2.35. The minimum atomic E-state index is -0.707. The van der Waals surface area contributed by atoms with Gasteiger partial charge in [-0.2, -0.15) is 0 Å². The molecule has 12 heteroatoms. The van der Waals surface area contributed by atoms with Crippen LogP contribution in [0.1, 0.15) is 6.42 Å². The number of nitro groups is 1. The van der Waals surface area contributed by atoms with Crippen LogP contribution in [0.2, 0.25) is 0 Å². The van der Waals surface area contributed by atoms with Gasteiger partial charge < -0.3 is 20.9 Å². The summed E-state index contributed by atoms with van der Waals surface area (Å²) in [5.74, 6) is -0.378. The number of nitrogens with one attached hydrogen (secondary N) is 1. The van der Waals surface area contributed by atoms with E-state index >= 15 is 0 Å². The second kappa shape index (κ2) is 6.17. The number of aromatic nitrogens is 2. The number of nitrogen functional groups attached to an aromatic ring is 1. The van der Waals surface area contributed by atoms with Crippen LogP contribution < -0.4 is 11.1 Å². The van der Waals surface area contributed by atoms with Crippen molar-refractivity contribution in [1.29, 1.82) is 0 Å². The Morgan fingerprint density at radius 1 is 1.71 bits per heavy atom. The number of aliphatic hydroxyl groups is 1. The first-order valence-corrected chi connectivity index (χ1v) is 5.88. The summed E-state index contributed by atoms with van der Waals surface area (Å²) >= 11 is 0. The molecule has 1 fully saturated rings. The number of anilines is 2. The molecular weight excluding hydrogens is 284 g/mol. The van der Waals surface area contributed by atoms with E-state index in [4.69, 9.17) is 21.1 Å². The van der Waals surface area contributed by atoms with Gasteiger partial charge in [0.05, 0.1) is 23.7 Å². The zero-order valence-electron chi connectivity index (χ0n) is 10.7. The van der Waals surface area contributed by atoms with E-state index in [0.717, 1.165) is 6.33 Å². The highest BCUT2D eigenvalue weighted by molar-refractivity contribution is 5.67. The zero-order valence-corrected chi connectivity index (χ0v) is 10.7. The summed E-state index contributed by atoms with van der Waals surface area (Å²) in [6, 6.07) is -0.573. The van der Waals surface area contributed by atoms with Crippen LogP contribution in [0.4, 0.5) is 17.3 Å². The number of azide groups is 1. The molecule has 0 unspecified atom stereocenters. The predicted octanol–water partition coefficient (Wildman–Crippen LogP) is 0.165. The summed E-state index contributed by atoms with van der Waals surface area (Å²) in [6.45, 7) is -0.337. The summed E-state index contributed by atoms with van der Waals surface area (Å²) in [5.41, 5.74) is 13.4. The van der Waals surface area contributed by atoms with Crippen molar-refractivity contribution >= 4 is 17.3 Å². The second-order valence-electron chi connectivity index (χ2n) is 4.21. The van der Waals surface area contributed by atoms with Crippen molar-refractivity contribution in [3.63, 3.8) is 0 Å². The maximum absolute atomic E-state index is 11.0. The summed E-state index contributed by atoms with van der Waals surface area (Å²) in [6.07, 6.45) is -0.0768. The summed E-state index contributed by atoms with van der Waals surface area (Å²) < 4.78 is 5.40. The highest BCUT2D eigenvalue weighted by atomic mass is 16.6. The molecule has 12 nitrogen and oxygen atoms in total. The standard InChI is InChI=1S/C9H12N8O4/c10-8-7(17(19)20)9(13-3-12-8)14-6-1-4(15-16-11)5(2-18)21-6/h3-6,18H,1-2H2,(H3,10,12,13,14)/t4-,5-,6-/m1/s1. The Hall–Kier alpha value is -2.69. The maximum atomic E-state index is 11.0. The fourth-order valence-corrected chi connectivity index (χ4v) is 2.00. The third-order valence-corrected chi connectivity index (χ3v) is 2.93. The van der Waals surface area contributed by atoms with E-state index in [1.54, 1.807) is 0 Å². The Balaban J connectivity index is 2.18. The van der Waals surface area contributed by atoms with Gasteiger partial charge >= 0.3 is 5.69 Å². The molecule has 0 saturated carbocycles. The molecule has 0 radical (unpaired) electrons. The van der Waals surface area contributed by atoms with Gasteiger partial charge in [-0.15, -0.1) is 0 Å². The van der Waals surface area contributed by atoms with Gasteiger partial charge in [0.15, 0.2) is 0 Å². The molecule has 2 rings (SSSR count). The minimum absolute atomic E-state index is 0.101. The van der Waals surface area contributed by atoms with Crippen molar-refractivity contribution in [1.82, 2.24) is 9.97 Å². The molecule has 1 saturated heterocycles. The first-order chi connectivity index (χ1) is 10.1. The lowest BCUT2D eigenvalue weighted by Crippen LogP contribution is -2.24.